The summed E-state index contributed by atoms with van der Waals surface area (Å²) in [5, 5.41) is 2.94. The SMILES string of the molecule is COc1ccc(NS(=O)(=O)c2cccc(C(=O)N[C@H]3CCC[C@@H]3OC)c2)cc1. The van der Waals surface area contributed by atoms with Crippen LogP contribution in [-0.4, -0.2) is 40.7 Å². The van der Waals surface area contributed by atoms with Crippen molar-refractivity contribution >= 4 is 21.6 Å². The van der Waals surface area contributed by atoms with Crippen molar-refractivity contribution in [2.75, 3.05) is 18.9 Å². The number of benzene rings is 2. The minimum atomic E-state index is -3.83. The Labute approximate surface area is 165 Å². The molecule has 2 atom stereocenters. The molecular formula is C20H24N2O5S. The van der Waals surface area contributed by atoms with Gasteiger partial charge in [-0.25, -0.2) is 8.42 Å². The summed E-state index contributed by atoms with van der Waals surface area (Å²) in [6.45, 7) is 0. The Balaban J connectivity index is 1.74. The van der Waals surface area contributed by atoms with E-state index in [4.69, 9.17) is 9.47 Å². The highest BCUT2D eigenvalue weighted by Gasteiger charge is 2.29. The molecule has 0 spiro atoms. The van der Waals surface area contributed by atoms with Crippen molar-refractivity contribution in [1.82, 2.24) is 5.32 Å². The van der Waals surface area contributed by atoms with Gasteiger partial charge in [0.1, 0.15) is 5.75 Å². The Hall–Kier alpha value is -2.58. The third kappa shape index (κ3) is 4.63. The van der Waals surface area contributed by atoms with Gasteiger partial charge >= 0.3 is 0 Å². The van der Waals surface area contributed by atoms with Crippen molar-refractivity contribution < 1.29 is 22.7 Å². The van der Waals surface area contributed by atoms with Gasteiger partial charge in [-0.2, -0.15) is 0 Å². The maximum absolute atomic E-state index is 12.7. The predicted octanol–water partition coefficient (Wildman–Crippen LogP) is 2.79. The van der Waals surface area contributed by atoms with Crippen LogP contribution in [0, 0.1) is 0 Å². The first-order chi connectivity index (χ1) is 13.4. The number of ether oxygens (including phenoxy) is 2. The quantitative estimate of drug-likeness (QED) is 0.740. The highest BCUT2D eigenvalue weighted by Crippen LogP contribution is 2.23. The number of hydrogen-bond acceptors (Lipinski definition) is 5. The lowest BCUT2D eigenvalue weighted by Gasteiger charge is -2.19. The first-order valence-corrected chi connectivity index (χ1v) is 10.5. The predicted molar refractivity (Wildman–Crippen MR) is 106 cm³/mol. The van der Waals surface area contributed by atoms with Crippen LogP contribution in [0.1, 0.15) is 29.6 Å². The van der Waals surface area contributed by atoms with Crippen LogP contribution in [0.4, 0.5) is 5.69 Å². The normalized spacial score (nSPS) is 19.2. The number of sulfonamides is 1. The Bertz CT molecular complexity index is 928. The molecule has 0 heterocycles. The first-order valence-electron chi connectivity index (χ1n) is 9.03. The molecule has 7 nitrogen and oxygen atoms in total. The summed E-state index contributed by atoms with van der Waals surface area (Å²) >= 11 is 0. The van der Waals surface area contributed by atoms with E-state index in [9.17, 15) is 13.2 Å². The molecule has 150 valence electrons. The number of carbonyl (C=O) groups is 1. The van der Waals surface area contributed by atoms with E-state index < -0.39 is 10.0 Å². The lowest BCUT2D eigenvalue weighted by molar-refractivity contribution is 0.0722. The van der Waals surface area contributed by atoms with Gasteiger partial charge in [-0.1, -0.05) is 6.07 Å². The number of carbonyl (C=O) groups excluding carboxylic acids is 1. The van der Waals surface area contributed by atoms with Crippen molar-refractivity contribution in [2.45, 2.75) is 36.3 Å². The van der Waals surface area contributed by atoms with Crippen molar-refractivity contribution in [2.24, 2.45) is 0 Å². The average Bonchev–Trinajstić information content (AvgIpc) is 3.15. The molecule has 2 aromatic rings. The Morgan fingerprint density at radius 3 is 2.50 bits per heavy atom. The van der Waals surface area contributed by atoms with Crippen molar-refractivity contribution in [1.29, 1.82) is 0 Å². The smallest absolute Gasteiger partial charge is 0.261 e. The summed E-state index contributed by atoms with van der Waals surface area (Å²) in [5.74, 6) is 0.318. The van der Waals surface area contributed by atoms with Crippen LogP contribution < -0.4 is 14.8 Å². The van der Waals surface area contributed by atoms with Gasteiger partial charge in [0.2, 0.25) is 0 Å². The molecule has 1 amide bonds. The third-order valence-electron chi connectivity index (χ3n) is 4.82. The Morgan fingerprint density at radius 2 is 1.82 bits per heavy atom. The molecule has 0 bridgehead atoms. The van der Waals surface area contributed by atoms with Gasteiger partial charge in [0.05, 0.1) is 24.2 Å². The van der Waals surface area contributed by atoms with E-state index in [-0.39, 0.29) is 22.9 Å². The molecule has 28 heavy (non-hydrogen) atoms. The van der Waals surface area contributed by atoms with Crippen LogP contribution in [0.25, 0.3) is 0 Å². The first kappa shape index (κ1) is 20.2. The molecule has 0 aromatic heterocycles. The molecular weight excluding hydrogens is 380 g/mol. The second-order valence-electron chi connectivity index (χ2n) is 6.65. The fourth-order valence-electron chi connectivity index (χ4n) is 3.30. The molecule has 8 heteroatoms. The van der Waals surface area contributed by atoms with E-state index in [2.05, 4.69) is 10.0 Å². The molecule has 1 saturated carbocycles. The second kappa shape index (κ2) is 8.62. The summed E-state index contributed by atoms with van der Waals surface area (Å²) in [5.41, 5.74) is 0.698. The number of rotatable bonds is 7. The summed E-state index contributed by atoms with van der Waals surface area (Å²) in [6.07, 6.45) is 2.74. The second-order valence-corrected chi connectivity index (χ2v) is 8.33. The lowest BCUT2D eigenvalue weighted by atomic mass is 10.1. The van der Waals surface area contributed by atoms with E-state index >= 15 is 0 Å². The topological polar surface area (TPSA) is 93.7 Å². The van der Waals surface area contributed by atoms with Crippen molar-refractivity contribution in [3.8, 4) is 5.75 Å². The van der Waals surface area contributed by atoms with E-state index in [0.717, 1.165) is 19.3 Å². The third-order valence-corrected chi connectivity index (χ3v) is 6.20. The van der Waals surface area contributed by atoms with Crippen LogP contribution in [-0.2, 0) is 14.8 Å². The van der Waals surface area contributed by atoms with Gasteiger partial charge in [0, 0.05) is 18.4 Å². The summed E-state index contributed by atoms with van der Waals surface area (Å²) < 4.78 is 38.3. The minimum Gasteiger partial charge on any atom is -0.497 e. The van der Waals surface area contributed by atoms with E-state index in [1.165, 1.54) is 19.2 Å². The minimum absolute atomic E-state index is 0.00685. The molecule has 0 radical (unpaired) electrons. The van der Waals surface area contributed by atoms with Gasteiger partial charge < -0.3 is 14.8 Å². The highest BCUT2D eigenvalue weighted by atomic mass is 32.2. The van der Waals surface area contributed by atoms with Gasteiger partial charge in [-0.05, 0) is 61.7 Å². The zero-order chi connectivity index (χ0) is 20.1. The zero-order valence-corrected chi connectivity index (χ0v) is 16.7. The maximum Gasteiger partial charge on any atom is 0.261 e. The van der Waals surface area contributed by atoms with Crippen LogP contribution in [0.5, 0.6) is 5.75 Å². The van der Waals surface area contributed by atoms with Crippen molar-refractivity contribution in [3.05, 3.63) is 54.1 Å². The fourth-order valence-corrected chi connectivity index (χ4v) is 4.41. The molecule has 1 aliphatic rings. The van der Waals surface area contributed by atoms with Crippen LogP contribution in [0.15, 0.2) is 53.4 Å². The van der Waals surface area contributed by atoms with E-state index in [1.54, 1.807) is 43.5 Å². The van der Waals surface area contributed by atoms with Gasteiger partial charge in [0.25, 0.3) is 15.9 Å². The number of anilines is 1. The van der Waals surface area contributed by atoms with Gasteiger partial charge in [-0.15, -0.1) is 0 Å². The van der Waals surface area contributed by atoms with E-state index in [0.29, 0.717) is 17.0 Å². The Morgan fingerprint density at radius 1 is 1.07 bits per heavy atom. The molecule has 1 fully saturated rings. The lowest BCUT2D eigenvalue weighted by Crippen LogP contribution is -2.40. The number of methoxy groups -OCH3 is 2. The fraction of sp³-hybridized carbons (Fsp3) is 0.350. The molecule has 0 unspecified atom stereocenters. The Kier molecular flexibility index (Phi) is 6.21. The maximum atomic E-state index is 12.7. The average molecular weight is 404 g/mol. The number of amides is 1. The standard InChI is InChI=1S/C20H24N2O5S/c1-26-16-11-9-15(10-12-16)22-28(24,25)17-6-3-5-14(13-17)20(23)21-18-7-4-8-19(18)27-2/h3,5-6,9-13,18-19,22H,4,7-8H2,1-2H3,(H,21,23)/t18-,19-/m0/s1. The monoisotopic (exact) mass is 404 g/mol. The largest absolute Gasteiger partial charge is 0.497 e. The van der Waals surface area contributed by atoms with Crippen molar-refractivity contribution in [3.63, 3.8) is 0 Å². The van der Waals surface area contributed by atoms with E-state index in [1.807, 2.05) is 0 Å². The molecule has 0 saturated heterocycles. The molecule has 3 rings (SSSR count). The van der Waals surface area contributed by atoms with Crippen LogP contribution >= 0.6 is 0 Å². The number of nitrogens with one attached hydrogen (secondary N) is 2. The molecule has 1 aliphatic carbocycles. The van der Waals surface area contributed by atoms with Gasteiger partial charge in [0.15, 0.2) is 0 Å². The highest BCUT2D eigenvalue weighted by molar-refractivity contribution is 7.92. The summed E-state index contributed by atoms with van der Waals surface area (Å²) in [4.78, 5) is 12.6. The molecule has 2 aromatic carbocycles. The van der Waals surface area contributed by atoms with Gasteiger partial charge in [-0.3, -0.25) is 9.52 Å². The molecule has 0 aliphatic heterocycles. The number of hydrogen-bond donors (Lipinski definition) is 2. The van der Waals surface area contributed by atoms with Crippen LogP contribution in [0.3, 0.4) is 0 Å². The summed E-state index contributed by atoms with van der Waals surface area (Å²) in [6, 6.07) is 12.5. The summed E-state index contributed by atoms with van der Waals surface area (Å²) in [7, 11) is -0.657. The van der Waals surface area contributed by atoms with Crippen LogP contribution in [0.2, 0.25) is 0 Å². The molecule has 2 N–H and O–H groups in total. The zero-order valence-electron chi connectivity index (χ0n) is 15.8.